The van der Waals surface area contributed by atoms with Crippen molar-refractivity contribution < 1.29 is 16.0 Å². The number of ether oxygens (including phenoxy) is 1. The molecule has 1 N–H and O–H groups in total. The molecular weight excluding hydrogens is 773 g/mol. The number of hydrogen-bond acceptors (Lipinski definition) is 5. The number of oxazole rings is 1. The van der Waals surface area contributed by atoms with Crippen molar-refractivity contribution in [2.75, 3.05) is 7.05 Å². The van der Waals surface area contributed by atoms with Gasteiger partial charge in [0.05, 0.1) is 17.9 Å². The second-order valence-electron chi connectivity index (χ2n) is 16.8. The van der Waals surface area contributed by atoms with E-state index in [4.69, 9.17) is 26.0 Å². The molecule has 63 heavy (non-hydrogen) atoms. The number of hydrogen-bond donors (Lipinski definition) is 1. The lowest BCUT2D eigenvalue weighted by molar-refractivity contribution is 0.448. The standard InChI is InChI=1S/C57H48N4O2/c1-37-31-53(59-35-49(37)40-21-13-8-14-22-40)61-51-30-27-42(57(2,3)4)33-48(51)47-29-28-44(34-52(47)61)63-43-24-15-23-41(32-43)50-36-62-56(60-50)55(58-5)54-45(38-17-9-6-10-18-38)25-16-26-46(54)39-19-11-7-12-20-39/h6-36,55,58H,1-5H3/i8D,13D,14D,21D,22D. The SMILES string of the molecule is [2H]c1c([2H])c([2H])c(-c2cnc(-n3c4ccc(C(C)(C)C)cc4c4ccc(Oc5cccc(-c6coc(C(NC)c7c(-c8ccccc8)cccc7-c7ccccc7)n6)c5)cc43)cc2C)c([2H])c1[2H]. The molecule has 308 valence electrons. The maximum atomic E-state index is 8.62. The van der Waals surface area contributed by atoms with Crippen LogP contribution in [0.2, 0.25) is 0 Å². The van der Waals surface area contributed by atoms with E-state index in [1.165, 1.54) is 5.56 Å². The summed E-state index contributed by atoms with van der Waals surface area (Å²) in [5, 5.41) is 5.58. The van der Waals surface area contributed by atoms with Crippen molar-refractivity contribution >= 4 is 21.8 Å². The van der Waals surface area contributed by atoms with Crippen molar-refractivity contribution in [2.24, 2.45) is 0 Å². The minimum absolute atomic E-state index is 0.0899. The maximum absolute atomic E-state index is 8.62. The fourth-order valence-electron chi connectivity index (χ4n) is 8.50. The van der Waals surface area contributed by atoms with Crippen LogP contribution in [0.15, 0.2) is 193 Å². The monoisotopic (exact) mass is 825 g/mol. The highest BCUT2D eigenvalue weighted by atomic mass is 16.5. The molecule has 0 aliphatic carbocycles. The molecule has 7 aromatic carbocycles. The van der Waals surface area contributed by atoms with Gasteiger partial charge in [0.2, 0.25) is 5.89 Å². The third-order valence-electron chi connectivity index (χ3n) is 11.7. The number of nitrogens with zero attached hydrogens (tertiary/aromatic N) is 3. The predicted molar refractivity (Wildman–Crippen MR) is 258 cm³/mol. The molecule has 0 amide bonds. The summed E-state index contributed by atoms with van der Waals surface area (Å²) in [6.45, 7) is 8.46. The molecular formula is C57H48N4O2. The summed E-state index contributed by atoms with van der Waals surface area (Å²) < 4.78 is 57.0. The third kappa shape index (κ3) is 7.60. The van der Waals surface area contributed by atoms with E-state index in [-0.39, 0.29) is 41.2 Å². The second-order valence-corrected chi connectivity index (χ2v) is 16.8. The summed E-state index contributed by atoms with van der Waals surface area (Å²) in [6.07, 6.45) is 3.30. The molecule has 0 saturated heterocycles. The van der Waals surface area contributed by atoms with Gasteiger partial charge in [0, 0.05) is 34.2 Å². The number of benzene rings is 7. The minimum Gasteiger partial charge on any atom is -0.457 e. The number of fused-ring (bicyclic) bond motifs is 3. The number of aryl methyl sites for hydroxylation is 1. The average molecular weight is 826 g/mol. The zero-order valence-electron chi connectivity index (χ0n) is 40.7. The van der Waals surface area contributed by atoms with Crippen molar-refractivity contribution in [1.82, 2.24) is 19.9 Å². The van der Waals surface area contributed by atoms with Crippen molar-refractivity contribution in [3.8, 4) is 62.0 Å². The van der Waals surface area contributed by atoms with E-state index in [0.717, 1.165) is 55.2 Å². The molecule has 1 unspecified atom stereocenters. The Labute approximate surface area is 375 Å². The number of aromatic nitrogens is 3. The van der Waals surface area contributed by atoms with Crippen molar-refractivity contribution in [3.05, 3.63) is 211 Å². The van der Waals surface area contributed by atoms with E-state index in [1.807, 2.05) is 68.6 Å². The molecule has 3 heterocycles. The Morgan fingerprint density at radius 1 is 0.651 bits per heavy atom. The molecule has 6 heteroatoms. The van der Waals surface area contributed by atoms with Gasteiger partial charge in [-0.2, -0.15) is 0 Å². The van der Waals surface area contributed by atoms with E-state index in [1.54, 1.807) is 12.5 Å². The van der Waals surface area contributed by atoms with E-state index in [2.05, 4.69) is 122 Å². The van der Waals surface area contributed by atoms with Crippen molar-refractivity contribution in [3.63, 3.8) is 0 Å². The first-order chi connectivity index (χ1) is 32.8. The first kappa shape index (κ1) is 34.1. The Morgan fingerprint density at radius 2 is 1.33 bits per heavy atom. The van der Waals surface area contributed by atoms with Crippen LogP contribution in [0.4, 0.5) is 0 Å². The highest BCUT2D eigenvalue weighted by molar-refractivity contribution is 6.10. The van der Waals surface area contributed by atoms with Crippen molar-refractivity contribution in [2.45, 2.75) is 39.2 Å². The van der Waals surface area contributed by atoms with Gasteiger partial charge in [0.25, 0.3) is 0 Å². The fourth-order valence-corrected chi connectivity index (χ4v) is 8.50. The van der Waals surface area contributed by atoms with Crippen LogP contribution in [-0.2, 0) is 5.41 Å². The Kier molecular flexibility index (Phi) is 8.87. The highest BCUT2D eigenvalue weighted by Crippen LogP contribution is 2.41. The molecule has 10 rings (SSSR count). The average Bonchev–Trinajstić information content (AvgIpc) is 3.97. The lowest BCUT2D eigenvalue weighted by atomic mass is 9.86. The number of pyridine rings is 1. The molecule has 1 atom stereocenters. The maximum Gasteiger partial charge on any atom is 0.216 e. The summed E-state index contributed by atoms with van der Waals surface area (Å²) in [7, 11) is 1.93. The lowest BCUT2D eigenvalue weighted by Crippen LogP contribution is -2.20. The molecule has 6 nitrogen and oxygen atoms in total. The largest absolute Gasteiger partial charge is 0.457 e. The Morgan fingerprint density at radius 3 is 2.02 bits per heavy atom. The first-order valence-electron chi connectivity index (χ1n) is 23.6. The smallest absolute Gasteiger partial charge is 0.216 e. The molecule has 0 radical (unpaired) electrons. The molecule has 10 aromatic rings. The van der Waals surface area contributed by atoms with Gasteiger partial charge in [-0.15, -0.1) is 0 Å². The van der Waals surface area contributed by atoms with Gasteiger partial charge in [-0.3, -0.25) is 4.57 Å². The lowest BCUT2D eigenvalue weighted by Gasteiger charge is -2.22. The predicted octanol–water partition coefficient (Wildman–Crippen LogP) is 14.5. The molecule has 3 aromatic heterocycles. The van der Waals surface area contributed by atoms with Crippen LogP contribution < -0.4 is 10.1 Å². The van der Waals surface area contributed by atoms with Gasteiger partial charge in [-0.05, 0) is 106 Å². The van der Waals surface area contributed by atoms with E-state index in [0.29, 0.717) is 40.0 Å². The van der Waals surface area contributed by atoms with Gasteiger partial charge in [0.1, 0.15) is 35.3 Å². The van der Waals surface area contributed by atoms with Crippen LogP contribution in [0.3, 0.4) is 0 Å². The summed E-state index contributed by atoms with van der Waals surface area (Å²) in [5.41, 5.74) is 11.2. The van der Waals surface area contributed by atoms with E-state index in [9.17, 15) is 0 Å². The van der Waals surface area contributed by atoms with Gasteiger partial charge < -0.3 is 14.5 Å². The van der Waals surface area contributed by atoms with Gasteiger partial charge in [-0.25, -0.2) is 9.97 Å². The van der Waals surface area contributed by atoms with Crippen LogP contribution in [-0.4, -0.2) is 21.6 Å². The summed E-state index contributed by atoms with van der Waals surface area (Å²) in [5.74, 6) is 2.38. The molecule has 0 fully saturated rings. The molecule has 0 spiro atoms. The quantitative estimate of drug-likeness (QED) is 0.149. The fraction of sp³-hybridized carbons (Fsp3) is 0.123. The Hall–Kier alpha value is -7.54. The summed E-state index contributed by atoms with van der Waals surface area (Å²) in [6, 6.07) is 47.3. The summed E-state index contributed by atoms with van der Waals surface area (Å²) >= 11 is 0. The van der Waals surface area contributed by atoms with Crippen molar-refractivity contribution in [1.29, 1.82) is 0 Å². The molecule has 0 aliphatic heterocycles. The minimum atomic E-state index is -0.431. The van der Waals surface area contributed by atoms with Crippen LogP contribution >= 0.6 is 0 Å². The molecule has 0 bridgehead atoms. The second kappa shape index (κ2) is 16.4. The third-order valence-corrected chi connectivity index (χ3v) is 11.7. The molecule has 0 aliphatic rings. The summed E-state index contributed by atoms with van der Waals surface area (Å²) in [4.78, 5) is 9.99. The van der Waals surface area contributed by atoms with Crippen LogP contribution in [0.1, 0.15) is 56.2 Å². The number of nitrogens with one attached hydrogen (secondary N) is 1. The zero-order valence-corrected chi connectivity index (χ0v) is 35.7. The van der Waals surface area contributed by atoms with Gasteiger partial charge >= 0.3 is 0 Å². The van der Waals surface area contributed by atoms with Crippen LogP contribution in [0, 0.1) is 6.92 Å². The van der Waals surface area contributed by atoms with E-state index >= 15 is 0 Å². The van der Waals surface area contributed by atoms with Gasteiger partial charge in [-0.1, -0.05) is 148 Å². The number of rotatable bonds is 10. The van der Waals surface area contributed by atoms with Crippen LogP contribution in [0.5, 0.6) is 11.5 Å². The zero-order chi connectivity index (χ0) is 47.4. The van der Waals surface area contributed by atoms with E-state index < -0.39 is 6.04 Å². The normalized spacial score (nSPS) is 13.3. The van der Waals surface area contributed by atoms with Crippen LogP contribution in [0.25, 0.3) is 72.3 Å². The first-order valence-corrected chi connectivity index (χ1v) is 21.1. The highest BCUT2D eigenvalue weighted by Gasteiger charge is 2.26. The Balaban J connectivity index is 1.02. The molecule has 0 saturated carbocycles. The van der Waals surface area contributed by atoms with Gasteiger partial charge in [0.15, 0.2) is 0 Å². The topological polar surface area (TPSA) is 65.1 Å². The Bertz CT molecular complexity index is 3460.